The van der Waals surface area contributed by atoms with Crippen LogP contribution in [0.15, 0.2) is 41.3 Å². The zero-order chi connectivity index (χ0) is 22.1. The molecule has 2 aromatic rings. The van der Waals surface area contributed by atoms with Crippen LogP contribution in [0.25, 0.3) is 0 Å². The van der Waals surface area contributed by atoms with Crippen molar-refractivity contribution in [1.29, 1.82) is 0 Å². The number of morpholine rings is 1. The van der Waals surface area contributed by atoms with Crippen molar-refractivity contribution in [3.8, 4) is 0 Å². The van der Waals surface area contributed by atoms with E-state index in [1.54, 1.807) is 23.2 Å². The highest BCUT2D eigenvalue weighted by Crippen LogP contribution is 2.30. The minimum atomic E-state index is -0.288. The van der Waals surface area contributed by atoms with Gasteiger partial charge in [0.1, 0.15) is 18.2 Å². The van der Waals surface area contributed by atoms with Crippen molar-refractivity contribution in [2.75, 3.05) is 45.9 Å². The summed E-state index contributed by atoms with van der Waals surface area (Å²) in [5.41, 5.74) is 0.915. The van der Waals surface area contributed by atoms with E-state index in [9.17, 15) is 14.0 Å². The van der Waals surface area contributed by atoms with Crippen LogP contribution in [0.3, 0.4) is 0 Å². The molecule has 3 amide bonds. The summed E-state index contributed by atoms with van der Waals surface area (Å²) in [7, 11) is 0. The van der Waals surface area contributed by atoms with Gasteiger partial charge in [-0.1, -0.05) is 12.1 Å². The van der Waals surface area contributed by atoms with Crippen LogP contribution >= 0.6 is 0 Å². The number of hydrogen-bond donors (Lipinski definition) is 1. The molecule has 170 valence electrons. The maximum Gasteiger partial charge on any atom is 0.320 e. The average Bonchev–Trinajstić information content (AvgIpc) is 3.34. The molecule has 3 aliphatic heterocycles. The van der Waals surface area contributed by atoms with Gasteiger partial charge >= 0.3 is 6.03 Å². The molecule has 1 aromatic heterocycles. The summed E-state index contributed by atoms with van der Waals surface area (Å²) >= 11 is 0. The van der Waals surface area contributed by atoms with Gasteiger partial charge in [-0.2, -0.15) is 0 Å². The van der Waals surface area contributed by atoms with Gasteiger partial charge in [0.25, 0.3) is 0 Å². The second kappa shape index (κ2) is 8.87. The van der Waals surface area contributed by atoms with E-state index in [-0.39, 0.29) is 42.6 Å². The second-order valence-electron chi connectivity index (χ2n) is 8.42. The highest BCUT2D eigenvalue weighted by atomic mass is 19.1. The number of halogens is 1. The van der Waals surface area contributed by atoms with Crippen LogP contribution in [0.5, 0.6) is 0 Å². The molecule has 3 fully saturated rings. The zero-order valence-corrected chi connectivity index (χ0v) is 17.7. The molecule has 32 heavy (non-hydrogen) atoms. The molecule has 0 spiro atoms. The monoisotopic (exact) mass is 443 g/mol. The molecule has 4 heterocycles. The molecule has 1 aromatic carbocycles. The lowest BCUT2D eigenvalue weighted by Crippen LogP contribution is -2.63. The third kappa shape index (κ3) is 4.20. The summed E-state index contributed by atoms with van der Waals surface area (Å²) < 4.78 is 24.6. The Kier molecular flexibility index (Phi) is 5.79. The van der Waals surface area contributed by atoms with Gasteiger partial charge in [-0.3, -0.25) is 9.69 Å². The van der Waals surface area contributed by atoms with Crippen molar-refractivity contribution in [3.63, 3.8) is 0 Å². The van der Waals surface area contributed by atoms with Gasteiger partial charge in [0.15, 0.2) is 6.39 Å². The first-order valence-electron chi connectivity index (χ1n) is 10.9. The van der Waals surface area contributed by atoms with Crippen molar-refractivity contribution >= 4 is 11.9 Å². The van der Waals surface area contributed by atoms with Crippen molar-refractivity contribution in [2.45, 2.75) is 24.6 Å². The number of nitrogens with zero attached hydrogens (tertiary/aromatic N) is 4. The average molecular weight is 443 g/mol. The third-order valence-corrected chi connectivity index (χ3v) is 6.45. The highest BCUT2D eigenvalue weighted by Gasteiger charge is 2.38. The fourth-order valence-electron chi connectivity index (χ4n) is 4.81. The quantitative estimate of drug-likeness (QED) is 0.768. The van der Waals surface area contributed by atoms with Gasteiger partial charge < -0.3 is 24.3 Å². The van der Waals surface area contributed by atoms with Gasteiger partial charge in [-0.05, 0) is 24.1 Å². The van der Waals surface area contributed by atoms with Crippen LogP contribution in [0.1, 0.15) is 23.8 Å². The number of amides is 3. The number of oxazole rings is 1. The Morgan fingerprint density at radius 1 is 1.12 bits per heavy atom. The van der Waals surface area contributed by atoms with E-state index in [0.717, 1.165) is 12.0 Å². The predicted octanol–water partition coefficient (Wildman–Crippen LogP) is 1.23. The Balaban J connectivity index is 1.23. The van der Waals surface area contributed by atoms with E-state index in [0.29, 0.717) is 45.0 Å². The standard InChI is InChI=1S/C22H26FN5O4/c23-16-3-1-15(2-4-16)21(19-11-24-14-32-19)26-7-9-27(10-8-26)22(30)28-6-5-18-17(12-28)25-20(29)13-31-18/h1-4,11,14,17-18,21H,5-10,12-13H2,(H,25,29)/t17-,18+,21?/m1/s1. The topological polar surface area (TPSA) is 91.2 Å². The molecule has 3 aliphatic rings. The number of likely N-dealkylation sites (tertiary alicyclic amines) is 1. The number of ether oxygens (including phenoxy) is 1. The van der Waals surface area contributed by atoms with Gasteiger partial charge in [0, 0.05) is 39.3 Å². The summed E-state index contributed by atoms with van der Waals surface area (Å²) in [5, 5.41) is 2.94. The van der Waals surface area contributed by atoms with E-state index in [4.69, 9.17) is 9.15 Å². The minimum absolute atomic E-state index is 0.0130. The van der Waals surface area contributed by atoms with E-state index in [1.165, 1.54) is 18.5 Å². The number of urea groups is 1. The molecule has 1 N–H and O–H groups in total. The van der Waals surface area contributed by atoms with Crippen molar-refractivity contribution < 1.29 is 23.1 Å². The minimum Gasteiger partial charge on any atom is -0.446 e. The Morgan fingerprint density at radius 2 is 1.91 bits per heavy atom. The maximum atomic E-state index is 13.4. The van der Waals surface area contributed by atoms with Crippen LogP contribution in [0.2, 0.25) is 0 Å². The predicted molar refractivity (Wildman–Crippen MR) is 111 cm³/mol. The van der Waals surface area contributed by atoms with E-state index >= 15 is 0 Å². The van der Waals surface area contributed by atoms with Crippen molar-refractivity contribution in [2.24, 2.45) is 0 Å². The number of piperidine rings is 1. The summed E-state index contributed by atoms with van der Waals surface area (Å²) in [6.45, 7) is 3.61. The lowest BCUT2D eigenvalue weighted by atomic mass is 10.0. The van der Waals surface area contributed by atoms with E-state index in [2.05, 4.69) is 15.2 Å². The first-order valence-corrected chi connectivity index (χ1v) is 10.9. The highest BCUT2D eigenvalue weighted by molar-refractivity contribution is 5.79. The zero-order valence-electron chi connectivity index (χ0n) is 17.7. The van der Waals surface area contributed by atoms with Crippen LogP contribution < -0.4 is 5.32 Å². The van der Waals surface area contributed by atoms with Crippen LogP contribution in [0, 0.1) is 5.82 Å². The molecular formula is C22H26FN5O4. The number of aromatic nitrogens is 1. The summed E-state index contributed by atoms with van der Waals surface area (Å²) in [5.74, 6) is 0.267. The molecule has 10 heteroatoms. The first-order chi connectivity index (χ1) is 15.6. The number of fused-ring (bicyclic) bond motifs is 1. The number of piperazine rings is 1. The lowest BCUT2D eigenvalue weighted by Gasteiger charge is -2.44. The Bertz CT molecular complexity index is 946. The van der Waals surface area contributed by atoms with Crippen LogP contribution in [-0.2, 0) is 9.53 Å². The molecular weight excluding hydrogens is 417 g/mol. The second-order valence-corrected chi connectivity index (χ2v) is 8.42. The molecule has 0 aliphatic carbocycles. The number of nitrogens with one attached hydrogen (secondary N) is 1. The Morgan fingerprint density at radius 3 is 2.62 bits per heavy atom. The van der Waals surface area contributed by atoms with Gasteiger partial charge in [-0.15, -0.1) is 0 Å². The smallest absolute Gasteiger partial charge is 0.320 e. The van der Waals surface area contributed by atoms with E-state index in [1.807, 2.05) is 4.90 Å². The van der Waals surface area contributed by atoms with E-state index < -0.39 is 0 Å². The maximum absolute atomic E-state index is 13.4. The lowest BCUT2D eigenvalue weighted by molar-refractivity contribution is -0.139. The molecule has 1 unspecified atom stereocenters. The Hall–Kier alpha value is -2.98. The van der Waals surface area contributed by atoms with Gasteiger partial charge in [-0.25, -0.2) is 14.2 Å². The summed E-state index contributed by atoms with van der Waals surface area (Å²) in [4.78, 5) is 34.7. The van der Waals surface area contributed by atoms with Gasteiger partial charge in [0.2, 0.25) is 5.91 Å². The largest absolute Gasteiger partial charge is 0.446 e. The summed E-state index contributed by atoms with van der Waals surface area (Å²) in [6, 6.07) is 6.03. The summed E-state index contributed by atoms with van der Waals surface area (Å²) in [6.07, 6.45) is 3.76. The van der Waals surface area contributed by atoms with Crippen molar-refractivity contribution in [1.82, 2.24) is 25.0 Å². The molecule has 3 atom stereocenters. The molecule has 0 bridgehead atoms. The molecule has 5 rings (SSSR count). The molecule has 9 nitrogen and oxygen atoms in total. The Labute approximate surface area is 185 Å². The molecule has 0 radical (unpaired) electrons. The third-order valence-electron chi connectivity index (χ3n) is 6.45. The number of benzene rings is 1. The number of hydrogen-bond acceptors (Lipinski definition) is 6. The van der Waals surface area contributed by atoms with Crippen LogP contribution in [-0.4, -0.2) is 89.6 Å². The molecule has 0 saturated carbocycles. The first kappa shape index (κ1) is 20.9. The normalized spacial score (nSPS) is 25.2. The number of carbonyl (C=O) groups excluding carboxylic acids is 2. The van der Waals surface area contributed by atoms with Gasteiger partial charge in [0.05, 0.1) is 24.4 Å². The fraction of sp³-hybridized carbons (Fsp3) is 0.500. The fourth-order valence-corrected chi connectivity index (χ4v) is 4.81. The number of carbonyl (C=O) groups is 2. The SMILES string of the molecule is O=C1CO[C@H]2CCN(C(=O)N3CCN(C(c4ccc(F)cc4)c4cnco4)CC3)C[C@H]2N1. The van der Waals surface area contributed by atoms with Crippen LogP contribution in [0.4, 0.5) is 9.18 Å². The number of rotatable bonds is 3. The molecule has 3 saturated heterocycles. The van der Waals surface area contributed by atoms with Crippen molar-refractivity contribution in [3.05, 3.63) is 54.0 Å².